The third-order valence-corrected chi connectivity index (χ3v) is 4.60. The molecule has 0 aromatic heterocycles. The summed E-state index contributed by atoms with van der Waals surface area (Å²) < 4.78 is 6.78. The van der Waals surface area contributed by atoms with Gasteiger partial charge in [-0.05, 0) is 31.9 Å². The van der Waals surface area contributed by atoms with Crippen LogP contribution in [0.2, 0.25) is 0 Å². The monoisotopic (exact) mass is 368 g/mol. The van der Waals surface area contributed by atoms with Crippen LogP contribution >= 0.6 is 15.9 Å². The van der Waals surface area contributed by atoms with Gasteiger partial charge in [0.15, 0.2) is 0 Å². The summed E-state index contributed by atoms with van der Waals surface area (Å²) in [5.74, 6) is 0.116. The minimum Gasteiger partial charge on any atom is -0.373 e. The van der Waals surface area contributed by atoms with Gasteiger partial charge in [-0.3, -0.25) is 9.69 Å². The van der Waals surface area contributed by atoms with Gasteiger partial charge in [-0.2, -0.15) is 0 Å². The number of ether oxygens (including phenoxy) is 1. The first-order valence-electron chi connectivity index (χ1n) is 7.92. The van der Waals surface area contributed by atoms with Gasteiger partial charge in [-0.1, -0.05) is 34.1 Å². The fourth-order valence-corrected chi connectivity index (χ4v) is 3.34. The van der Waals surface area contributed by atoms with Crippen LogP contribution < -0.4 is 5.32 Å². The normalized spacial score (nSPS) is 22.5. The van der Waals surface area contributed by atoms with Crippen LogP contribution in [0.4, 0.5) is 0 Å². The average Bonchev–Trinajstić information content (AvgIpc) is 2.45. The summed E-state index contributed by atoms with van der Waals surface area (Å²) in [5.41, 5.74) is 1.17. The predicted molar refractivity (Wildman–Crippen MR) is 91.9 cm³/mol. The molecule has 2 atom stereocenters. The molecule has 1 amide bonds. The zero-order valence-electron chi connectivity index (χ0n) is 13.3. The first-order valence-corrected chi connectivity index (χ1v) is 8.72. The van der Waals surface area contributed by atoms with E-state index >= 15 is 0 Å². The van der Waals surface area contributed by atoms with Crippen molar-refractivity contribution in [2.45, 2.75) is 38.9 Å². The van der Waals surface area contributed by atoms with Gasteiger partial charge < -0.3 is 10.1 Å². The van der Waals surface area contributed by atoms with E-state index in [1.54, 1.807) is 0 Å². The molecule has 0 spiro atoms. The van der Waals surface area contributed by atoms with E-state index in [9.17, 15) is 4.79 Å². The topological polar surface area (TPSA) is 41.6 Å². The number of nitrogens with zero attached hydrogens (tertiary/aromatic N) is 1. The van der Waals surface area contributed by atoms with E-state index in [2.05, 4.69) is 40.0 Å². The van der Waals surface area contributed by atoms with Crippen LogP contribution in [0.25, 0.3) is 0 Å². The van der Waals surface area contributed by atoms with Crippen molar-refractivity contribution in [2.24, 2.45) is 0 Å². The summed E-state index contributed by atoms with van der Waals surface area (Å²) in [4.78, 5) is 14.3. The second kappa shape index (κ2) is 8.65. The average molecular weight is 369 g/mol. The molecule has 1 heterocycles. The molecular weight excluding hydrogens is 344 g/mol. The molecular formula is C17H25BrN2O2. The molecule has 1 fully saturated rings. The van der Waals surface area contributed by atoms with Crippen molar-refractivity contribution in [3.05, 3.63) is 34.3 Å². The Labute approximate surface area is 141 Å². The van der Waals surface area contributed by atoms with Gasteiger partial charge in [0.1, 0.15) is 0 Å². The van der Waals surface area contributed by atoms with Crippen molar-refractivity contribution in [3.63, 3.8) is 0 Å². The number of aryl methyl sites for hydroxylation is 1. The lowest BCUT2D eigenvalue weighted by molar-refractivity contribution is -0.121. The zero-order valence-corrected chi connectivity index (χ0v) is 14.9. The van der Waals surface area contributed by atoms with E-state index < -0.39 is 0 Å². The molecule has 1 saturated heterocycles. The lowest BCUT2D eigenvalue weighted by atomic mass is 10.1. The molecule has 22 heavy (non-hydrogen) atoms. The van der Waals surface area contributed by atoms with Gasteiger partial charge >= 0.3 is 0 Å². The summed E-state index contributed by atoms with van der Waals surface area (Å²) in [5, 5.41) is 3.01. The maximum atomic E-state index is 11.9. The van der Waals surface area contributed by atoms with Crippen molar-refractivity contribution in [2.75, 3.05) is 26.2 Å². The van der Waals surface area contributed by atoms with Gasteiger partial charge in [-0.25, -0.2) is 0 Å². The molecule has 122 valence electrons. The van der Waals surface area contributed by atoms with Gasteiger partial charge in [-0.15, -0.1) is 0 Å². The van der Waals surface area contributed by atoms with Crippen LogP contribution in [0.3, 0.4) is 0 Å². The highest BCUT2D eigenvalue weighted by Crippen LogP contribution is 2.17. The zero-order chi connectivity index (χ0) is 15.9. The number of rotatable bonds is 6. The SMILES string of the molecule is CC1CN(CCNC(=O)CCc2ccccc2Br)CC(C)O1. The van der Waals surface area contributed by atoms with Crippen LogP contribution in [-0.2, 0) is 16.0 Å². The minimum atomic E-state index is 0.116. The van der Waals surface area contributed by atoms with Crippen LogP contribution in [0, 0.1) is 0 Å². The third kappa shape index (κ3) is 5.71. The number of morpholine rings is 1. The fourth-order valence-electron chi connectivity index (χ4n) is 2.86. The Morgan fingerprint density at radius 1 is 1.32 bits per heavy atom. The van der Waals surface area contributed by atoms with Crippen LogP contribution in [-0.4, -0.2) is 49.2 Å². The van der Waals surface area contributed by atoms with Crippen LogP contribution in [0.5, 0.6) is 0 Å². The highest BCUT2D eigenvalue weighted by Gasteiger charge is 2.21. The van der Waals surface area contributed by atoms with Gasteiger partial charge in [0.2, 0.25) is 5.91 Å². The standard InChI is InChI=1S/C17H25BrN2O2/c1-13-11-20(12-14(2)22-13)10-9-19-17(21)8-7-15-5-3-4-6-16(15)18/h3-6,13-14H,7-12H2,1-2H3,(H,19,21). The Hall–Kier alpha value is -0.910. The molecule has 0 aliphatic carbocycles. The molecule has 1 aromatic rings. The van der Waals surface area contributed by atoms with Gasteiger partial charge in [0.25, 0.3) is 0 Å². The largest absolute Gasteiger partial charge is 0.373 e. The summed E-state index contributed by atoms with van der Waals surface area (Å²) >= 11 is 3.51. The number of carbonyl (C=O) groups excluding carboxylic acids is 1. The van der Waals surface area contributed by atoms with Crippen molar-refractivity contribution in [1.29, 1.82) is 0 Å². The highest BCUT2D eigenvalue weighted by atomic mass is 79.9. The molecule has 0 bridgehead atoms. The molecule has 1 aliphatic heterocycles. The molecule has 0 radical (unpaired) electrons. The molecule has 2 rings (SSSR count). The van der Waals surface area contributed by atoms with Crippen LogP contribution in [0.1, 0.15) is 25.8 Å². The van der Waals surface area contributed by atoms with E-state index in [-0.39, 0.29) is 18.1 Å². The van der Waals surface area contributed by atoms with Crippen molar-refractivity contribution in [3.8, 4) is 0 Å². The van der Waals surface area contributed by atoms with Gasteiger partial charge in [0, 0.05) is 37.1 Å². The first-order chi connectivity index (χ1) is 10.5. The molecule has 5 heteroatoms. The molecule has 2 unspecified atom stereocenters. The molecule has 1 N–H and O–H groups in total. The lowest BCUT2D eigenvalue weighted by Gasteiger charge is -2.35. The summed E-state index contributed by atoms with van der Waals surface area (Å²) in [6, 6.07) is 8.04. The van der Waals surface area contributed by atoms with E-state index in [4.69, 9.17) is 4.74 Å². The summed E-state index contributed by atoms with van der Waals surface area (Å²) in [6.07, 6.45) is 1.84. The number of halogens is 1. The number of amides is 1. The number of hydrogen-bond donors (Lipinski definition) is 1. The van der Waals surface area contributed by atoms with E-state index in [0.29, 0.717) is 13.0 Å². The lowest BCUT2D eigenvalue weighted by Crippen LogP contribution is -2.47. The number of carbonyl (C=O) groups is 1. The molecule has 4 nitrogen and oxygen atoms in total. The quantitative estimate of drug-likeness (QED) is 0.838. The Morgan fingerprint density at radius 3 is 2.68 bits per heavy atom. The maximum absolute atomic E-state index is 11.9. The second-order valence-electron chi connectivity index (χ2n) is 5.96. The Balaban J connectivity index is 1.65. The first kappa shape index (κ1) is 17.4. The smallest absolute Gasteiger partial charge is 0.220 e. The van der Waals surface area contributed by atoms with Crippen molar-refractivity contribution in [1.82, 2.24) is 10.2 Å². The Morgan fingerprint density at radius 2 is 2.00 bits per heavy atom. The highest BCUT2D eigenvalue weighted by molar-refractivity contribution is 9.10. The molecule has 1 aromatic carbocycles. The van der Waals surface area contributed by atoms with E-state index in [1.165, 1.54) is 5.56 Å². The van der Waals surface area contributed by atoms with E-state index in [0.717, 1.165) is 30.5 Å². The minimum absolute atomic E-state index is 0.116. The van der Waals surface area contributed by atoms with Crippen LogP contribution in [0.15, 0.2) is 28.7 Å². The fraction of sp³-hybridized carbons (Fsp3) is 0.588. The van der Waals surface area contributed by atoms with Crippen molar-refractivity contribution < 1.29 is 9.53 Å². The second-order valence-corrected chi connectivity index (χ2v) is 6.81. The third-order valence-electron chi connectivity index (χ3n) is 3.82. The Kier molecular flexibility index (Phi) is 6.86. The number of benzene rings is 1. The van der Waals surface area contributed by atoms with Gasteiger partial charge in [0.05, 0.1) is 12.2 Å². The van der Waals surface area contributed by atoms with Crippen molar-refractivity contribution >= 4 is 21.8 Å². The predicted octanol–water partition coefficient (Wildman–Crippen LogP) is 2.61. The molecule has 0 saturated carbocycles. The summed E-state index contributed by atoms with van der Waals surface area (Å²) in [7, 11) is 0. The summed E-state index contributed by atoms with van der Waals surface area (Å²) in [6.45, 7) is 7.67. The number of nitrogens with one attached hydrogen (secondary N) is 1. The number of hydrogen-bond acceptors (Lipinski definition) is 3. The molecule has 1 aliphatic rings. The Bertz CT molecular complexity index is 485. The van der Waals surface area contributed by atoms with E-state index in [1.807, 2.05) is 24.3 Å². The maximum Gasteiger partial charge on any atom is 0.220 e.